The van der Waals surface area contributed by atoms with E-state index in [1.165, 1.54) is 0 Å². The molecule has 0 saturated carbocycles. The number of pyridine rings is 2. The van der Waals surface area contributed by atoms with Crippen molar-refractivity contribution in [1.29, 1.82) is 0 Å². The SMILES string of the molecule is CN(C)c1ccnc(C(=O)Nc2cn[nH]c2-c2ccccn2)c1. The standard InChI is InChI=1S/C16H16N6O/c1-22(2)11-6-8-18-13(9-11)16(23)20-14-10-19-21-15(14)12-5-3-4-7-17-12/h3-10H,1-2H3,(H,19,21)(H,20,23). The molecule has 3 aromatic heterocycles. The molecule has 0 spiro atoms. The number of rotatable bonds is 4. The molecule has 0 radical (unpaired) electrons. The van der Waals surface area contributed by atoms with Crippen LogP contribution in [0.15, 0.2) is 48.9 Å². The summed E-state index contributed by atoms with van der Waals surface area (Å²) in [6.45, 7) is 0. The molecule has 7 heteroatoms. The smallest absolute Gasteiger partial charge is 0.274 e. The Balaban J connectivity index is 1.85. The Bertz CT molecular complexity index is 812. The Morgan fingerprint density at radius 2 is 2.04 bits per heavy atom. The van der Waals surface area contributed by atoms with Crippen molar-refractivity contribution in [2.45, 2.75) is 0 Å². The van der Waals surface area contributed by atoms with Crippen molar-refractivity contribution in [3.63, 3.8) is 0 Å². The van der Waals surface area contributed by atoms with E-state index in [1.54, 1.807) is 24.7 Å². The van der Waals surface area contributed by atoms with Gasteiger partial charge in [0.05, 0.1) is 17.6 Å². The molecule has 3 rings (SSSR count). The summed E-state index contributed by atoms with van der Waals surface area (Å²) in [6.07, 6.45) is 4.85. The van der Waals surface area contributed by atoms with E-state index in [-0.39, 0.29) is 5.91 Å². The highest BCUT2D eigenvalue weighted by Crippen LogP contribution is 2.23. The first-order chi connectivity index (χ1) is 11.1. The number of carbonyl (C=O) groups excluding carboxylic acids is 1. The van der Waals surface area contributed by atoms with Crippen LogP contribution in [0.3, 0.4) is 0 Å². The Kier molecular flexibility index (Phi) is 4.01. The Labute approximate surface area is 133 Å². The van der Waals surface area contributed by atoms with Crippen LogP contribution in [0, 0.1) is 0 Å². The Hall–Kier alpha value is -3.22. The molecular formula is C16H16N6O. The minimum absolute atomic E-state index is 0.299. The van der Waals surface area contributed by atoms with Crippen LogP contribution in [0.1, 0.15) is 10.5 Å². The third-order valence-electron chi connectivity index (χ3n) is 3.30. The largest absolute Gasteiger partial charge is 0.378 e. The van der Waals surface area contributed by atoms with Gasteiger partial charge >= 0.3 is 0 Å². The van der Waals surface area contributed by atoms with Crippen LogP contribution in [-0.4, -0.2) is 40.2 Å². The maximum Gasteiger partial charge on any atom is 0.274 e. The van der Waals surface area contributed by atoms with Crippen molar-refractivity contribution >= 4 is 17.3 Å². The van der Waals surface area contributed by atoms with Crippen molar-refractivity contribution < 1.29 is 4.79 Å². The molecule has 0 unspecified atom stereocenters. The predicted octanol–water partition coefficient (Wildman–Crippen LogP) is 2.18. The number of carbonyl (C=O) groups is 1. The molecule has 1 amide bonds. The molecular weight excluding hydrogens is 292 g/mol. The van der Waals surface area contributed by atoms with Crippen LogP contribution in [0.4, 0.5) is 11.4 Å². The third kappa shape index (κ3) is 3.18. The topological polar surface area (TPSA) is 86.8 Å². The molecule has 0 aliphatic heterocycles. The summed E-state index contributed by atoms with van der Waals surface area (Å²) in [7, 11) is 3.82. The van der Waals surface area contributed by atoms with E-state index >= 15 is 0 Å². The molecule has 0 bridgehead atoms. The van der Waals surface area contributed by atoms with Gasteiger partial charge in [-0.05, 0) is 24.3 Å². The summed E-state index contributed by atoms with van der Waals surface area (Å²) in [5.41, 5.74) is 3.16. The van der Waals surface area contributed by atoms with Gasteiger partial charge in [0, 0.05) is 32.2 Å². The van der Waals surface area contributed by atoms with Gasteiger partial charge in [0.15, 0.2) is 0 Å². The van der Waals surface area contributed by atoms with E-state index in [9.17, 15) is 4.79 Å². The van der Waals surface area contributed by atoms with E-state index in [0.717, 1.165) is 5.69 Å². The fourth-order valence-corrected chi connectivity index (χ4v) is 2.09. The summed E-state index contributed by atoms with van der Waals surface area (Å²) < 4.78 is 0. The molecule has 0 aliphatic carbocycles. The van der Waals surface area contributed by atoms with Crippen LogP contribution in [0.25, 0.3) is 11.4 Å². The summed E-state index contributed by atoms with van der Waals surface area (Å²) in [5.74, 6) is -0.299. The molecule has 0 aliphatic rings. The van der Waals surface area contributed by atoms with Crippen molar-refractivity contribution in [2.24, 2.45) is 0 Å². The molecule has 23 heavy (non-hydrogen) atoms. The number of amides is 1. The Morgan fingerprint density at radius 3 is 2.78 bits per heavy atom. The highest BCUT2D eigenvalue weighted by atomic mass is 16.1. The summed E-state index contributed by atoms with van der Waals surface area (Å²) in [4.78, 5) is 22.7. The van der Waals surface area contributed by atoms with Gasteiger partial charge in [0.25, 0.3) is 5.91 Å². The second-order valence-electron chi connectivity index (χ2n) is 5.12. The highest BCUT2D eigenvalue weighted by Gasteiger charge is 2.14. The molecule has 2 N–H and O–H groups in total. The van der Waals surface area contributed by atoms with Crippen LogP contribution >= 0.6 is 0 Å². The molecule has 3 heterocycles. The lowest BCUT2D eigenvalue weighted by atomic mass is 10.2. The molecule has 0 aromatic carbocycles. The van der Waals surface area contributed by atoms with Gasteiger partial charge in [-0.15, -0.1) is 0 Å². The molecule has 0 atom stereocenters. The van der Waals surface area contributed by atoms with E-state index in [0.29, 0.717) is 22.8 Å². The summed E-state index contributed by atoms with van der Waals surface area (Å²) >= 11 is 0. The minimum atomic E-state index is -0.299. The normalized spacial score (nSPS) is 10.3. The fourth-order valence-electron chi connectivity index (χ4n) is 2.09. The lowest BCUT2D eigenvalue weighted by Crippen LogP contribution is -2.16. The van der Waals surface area contributed by atoms with Crippen LogP contribution in [-0.2, 0) is 0 Å². The second kappa shape index (κ2) is 6.27. The second-order valence-corrected chi connectivity index (χ2v) is 5.12. The average molecular weight is 308 g/mol. The zero-order valence-corrected chi connectivity index (χ0v) is 12.8. The van der Waals surface area contributed by atoms with Crippen LogP contribution in [0.2, 0.25) is 0 Å². The lowest BCUT2D eigenvalue weighted by Gasteiger charge is -2.12. The summed E-state index contributed by atoms with van der Waals surface area (Å²) in [6, 6.07) is 9.11. The molecule has 0 fully saturated rings. The summed E-state index contributed by atoms with van der Waals surface area (Å²) in [5, 5.41) is 9.65. The van der Waals surface area contributed by atoms with Gasteiger partial charge in [0.2, 0.25) is 0 Å². The maximum absolute atomic E-state index is 12.4. The number of nitrogens with one attached hydrogen (secondary N) is 2. The zero-order chi connectivity index (χ0) is 16.2. The van der Waals surface area contributed by atoms with Gasteiger partial charge < -0.3 is 10.2 Å². The van der Waals surface area contributed by atoms with Gasteiger partial charge in [-0.25, -0.2) is 0 Å². The van der Waals surface area contributed by atoms with Gasteiger partial charge in [-0.3, -0.25) is 19.9 Å². The Morgan fingerprint density at radius 1 is 1.17 bits per heavy atom. The first-order valence-electron chi connectivity index (χ1n) is 7.04. The number of anilines is 2. The van der Waals surface area contributed by atoms with Gasteiger partial charge in [-0.2, -0.15) is 5.10 Å². The van der Waals surface area contributed by atoms with E-state index < -0.39 is 0 Å². The molecule has 3 aromatic rings. The average Bonchev–Trinajstić information content (AvgIpc) is 3.04. The van der Waals surface area contributed by atoms with Gasteiger partial charge in [0.1, 0.15) is 11.4 Å². The predicted molar refractivity (Wildman–Crippen MR) is 88.3 cm³/mol. The maximum atomic E-state index is 12.4. The quantitative estimate of drug-likeness (QED) is 0.771. The minimum Gasteiger partial charge on any atom is -0.378 e. The number of nitrogens with zero attached hydrogens (tertiary/aromatic N) is 4. The van der Waals surface area contributed by atoms with Crippen LogP contribution < -0.4 is 10.2 Å². The van der Waals surface area contributed by atoms with E-state index in [2.05, 4.69) is 25.5 Å². The lowest BCUT2D eigenvalue weighted by molar-refractivity contribution is 0.102. The third-order valence-corrected chi connectivity index (χ3v) is 3.30. The number of hydrogen-bond acceptors (Lipinski definition) is 5. The molecule has 116 valence electrons. The number of H-pyrrole nitrogens is 1. The monoisotopic (exact) mass is 308 g/mol. The van der Waals surface area contributed by atoms with E-state index in [4.69, 9.17) is 0 Å². The number of hydrogen-bond donors (Lipinski definition) is 2. The fraction of sp³-hybridized carbons (Fsp3) is 0.125. The highest BCUT2D eigenvalue weighted by molar-refractivity contribution is 6.04. The molecule has 0 saturated heterocycles. The first kappa shape index (κ1) is 14.7. The van der Waals surface area contributed by atoms with Crippen molar-refractivity contribution in [1.82, 2.24) is 20.2 Å². The first-order valence-corrected chi connectivity index (χ1v) is 7.04. The number of aromatic nitrogens is 4. The number of aromatic amines is 1. The van der Waals surface area contributed by atoms with Crippen LogP contribution in [0.5, 0.6) is 0 Å². The van der Waals surface area contributed by atoms with Gasteiger partial charge in [-0.1, -0.05) is 6.07 Å². The zero-order valence-electron chi connectivity index (χ0n) is 12.8. The van der Waals surface area contributed by atoms with Crippen molar-refractivity contribution in [3.8, 4) is 11.4 Å². The van der Waals surface area contributed by atoms with Crippen molar-refractivity contribution in [3.05, 3.63) is 54.6 Å². The van der Waals surface area contributed by atoms with Crippen molar-refractivity contribution in [2.75, 3.05) is 24.3 Å². The molecule has 7 nitrogen and oxygen atoms in total. The van der Waals surface area contributed by atoms with E-state index in [1.807, 2.05) is 43.3 Å².